The van der Waals surface area contributed by atoms with Crippen molar-refractivity contribution in [3.63, 3.8) is 0 Å². The van der Waals surface area contributed by atoms with Crippen LogP contribution in [0, 0.1) is 12.7 Å². The lowest BCUT2D eigenvalue weighted by Crippen LogP contribution is -2.46. The van der Waals surface area contributed by atoms with Crippen LogP contribution in [0.5, 0.6) is 0 Å². The van der Waals surface area contributed by atoms with Crippen LogP contribution in [0.3, 0.4) is 0 Å². The number of fused-ring (bicyclic) bond motifs is 1. The second kappa shape index (κ2) is 9.71. The lowest BCUT2D eigenvalue weighted by atomic mass is 9.92. The molecule has 0 aliphatic carbocycles. The molecule has 5 rings (SSSR count). The molecule has 0 unspecified atom stereocenters. The quantitative estimate of drug-likeness (QED) is 0.392. The molecule has 1 fully saturated rings. The molecule has 2 amide bonds. The summed E-state index contributed by atoms with van der Waals surface area (Å²) < 4.78 is 14.7. The molecule has 0 saturated carbocycles. The molecular formula is C26H30FN7O2. The molecule has 3 heterocycles. The third-order valence-corrected chi connectivity index (χ3v) is 6.91. The van der Waals surface area contributed by atoms with Crippen LogP contribution >= 0.6 is 0 Å². The third kappa shape index (κ3) is 4.57. The number of piperazine rings is 1. The first-order valence-corrected chi connectivity index (χ1v) is 12.1. The number of hydrogen-bond acceptors (Lipinski definition) is 6. The average Bonchev–Trinajstić information content (AvgIpc) is 3.43. The van der Waals surface area contributed by atoms with E-state index in [0.717, 1.165) is 32.7 Å². The smallest absolute Gasteiger partial charge is 0.271 e. The second-order valence-electron chi connectivity index (χ2n) is 9.40. The highest BCUT2D eigenvalue weighted by Crippen LogP contribution is 2.36. The number of likely N-dealkylation sites (N-methyl/N-ethyl adjacent to an activating group) is 1. The Morgan fingerprint density at radius 1 is 1.14 bits per heavy atom. The number of benzene rings is 2. The van der Waals surface area contributed by atoms with Crippen molar-refractivity contribution >= 4 is 17.5 Å². The van der Waals surface area contributed by atoms with Gasteiger partial charge in [-0.05, 0) is 49.4 Å². The molecule has 188 valence electrons. The van der Waals surface area contributed by atoms with E-state index in [-0.39, 0.29) is 18.4 Å². The maximum Gasteiger partial charge on any atom is 0.271 e. The highest BCUT2D eigenvalue weighted by atomic mass is 19.1. The number of nitrogens with one attached hydrogen (secondary N) is 3. The van der Waals surface area contributed by atoms with Gasteiger partial charge in [0.25, 0.3) is 11.8 Å². The number of imidazole rings is 1. The highest BCUT2D eigenvalue weighted by molar-refractivity contribution is 6.06. The zero-order valence-corrected chi connectivity index (χ0v) is 20.4. The summed E-state index contributed by atoms with van der Waals surface area (Å²) in [6.45, 7) is 7.40. The van der Waals surface area contributed by atoms with Gasteiger partial charge in [0.15, 0.2) is 0 Å². The Hall–Kier alpha value is -3.76. The van der Waals surface area contributed by atoms with E-state index in [4.69, 9.17) is 5.73 Å². The number of halogens is 1. The maximum atomic E-state index is 14.7. The number of nitrogens with two attached hydrogens (primary N) is 1. The number of aryl methyl sites for hydroxylation is 1. The zero-order chi connectivity index (χ0) is 25.4. The summed E-state index contributed by atoms with van der Waals surface area (Å²) in [4.78, 5) is 37.9. The van der Waals surface area contributed by atoms with Crippen LogP contribution < -0.4 is 16.4 Å². The summed E-state index contributed by atoms with van der Waals surface area (Å²) in [7, 11) is 2.11. The molecule has 0 radical (unpaired) electrons. The van der Waals surface area contributed by atoms with Gasteiger partial charge in [0.05, 0.1) is 5.56 Å². The van der Waals surface area contributed by atoms with Gasteiger partial charge in [-0.1, -0.05) is 6.07 Å². The fraction of sp³-hybridized carbons (Fsp3) is 0.346. The van der Waals surface area contributed by atoms with Gasteiger partial charge in [-0.25, -0.2) is 9.37 Å². The number of nitrogen functional groups attached to an aromatic ring is 1. The molecule has 0 atom stereocenters. The first-order chi connectivity index (χ1) is 17.3. The maximum absolute atomic E-state index is 14.7. The lowest BCUT2D eigenvalue weighted by Gasteiger charge is -2.32. The molecular weight excluding hydrogens is 461 g/mol. The van der Waals surface area contributed by atoms with Crippen molar-refractivity contribution in [2.45, 2.75) is 13.5 Å². The van der Waals surface area contributed by atoms with Crippen molar-refractivity contribution in [3.05, 3.63) is 58.7 Å². The number of aromatic nitrogens is 2. The average molecular weight is 492 g/mol. The molecule has 0 spiro atoms. The zero-order valence-electron chi connectivity index (χ0n) is 20.4. The topological polar surface area (TPSA) is 119 Å². The van der Waals surface area contributed by atoms with E-state index in [1.807, 2.05) is 0 Å². The van der Waals surface area contributed by atoms with E-state index in [1.165, 1.54) is 6.07 Å². The molecule has 3 aromatic rings. The molecule has 2 aliphatic heterocycles. The Bertz CT molecular complexity index is 1330. The fourth-order valence-corrected chi connectivity index (χ4v) is 4.84. The third-order valence-electron chi connectivity index (χ3n) is 6.91. The molecule has 9 nitrogen and oxygen atoms in total. The molecule has 5 N–H and O–H groups in total. The predicted molar refractivity (Wildman–Crippen MR) is 136 cm³/mol. The number of aromatic amines is 1. The number of hydrogen-bond donors (Lipinski definition) is 4. The Balaban J connectivity index is 1.37. The number of nitrogens with zero attached hydrogens (tertiary/aromatic N) is 3. The first-order valence-electron chi connectivity index (χ1n) is 12.1. The van der Waals surface area contributed by atoms with Crippen LogP contribution in [-0.4, -0.2) is 77.9 Å². The van der Waals surface area contributed by atoms with Gasteiger partial charge in [-0.3, -0.25) is 14.5 Å². The van der Waals surface area contributed by atoms with Crippen LogP contribution in [0.4, 0.5) is 10.1 Å². The number of H-pyrrole nitrogens is 1. The van der Waals surface area contributed by atoms with Gasteiger partial charge >= 0.3 is 0 Å². The fourth-order valence-electron chi connectivity index (χ4n) is 4.84. The summed E-state index contributed by atoms with van der Waals surface area (Å²) in [6, 6.07) is 8.03. The molecule has 10 heteroatoms. The number of rotatable bonds is 6. The van der Waals surface area contributed by atoms with E-state index in [0.29, 0.717) is 57.3 Å². The summed E-state index contributed by atoms with van der Waals surface area (Å²) in [5.41, 5.74) is 9.62. The van der Waals surface area contributed by atoms with Gasteiger partial charge < -0.3 is 26.3 Å². The van der Waals surface area contributed by atoms with E-state index in [1.54, 1.807) is 31.2 Å². The first kappa shape index (κ1) is 24.0. The lowest BCUT2D eigenvalue weighted by molar-refractivity contribution is 0.0934. The Morgan fingerprint density at radius 2 is 1.86 bits per heavy atom. The van der Waals surface area contributed by atoms with E-state index < -0.39 is 5.82 Å². The normalized spacial score (nSPS) is 16.1. The Kier molecular flexibility index (Phi) is 6.46. The summed E-state index contributed by atoms with van der Waals surface area (Å²) in [5.74, 6) is -0.543. The monoisotopic (exact) mass is 491 g/mol. The number of carbonyl (C=O) groups is 2. The van der Waals surface area contributed by atoms with Crippen LogP contribution in [-0.2, 0) is 6.54 Å². The summed E-state index contributed by atoms with van der Waals surface area (Å²) in [5, 5.41) is 5.79. The van der Waals surface area contributed by atoms with Gasteiger partial charge in [0, 0.05) is 68.3 Å². The summed E-state index contributed by atoms with van der Waals surface area (Å²) in [6.07, 6.45) is 0. The number of amides is 2. The standard InChI is InChI=1S/C26H30FN7O2/c1-15-23(26(36)29-7-8-34-11-9-33(2)10-12-34)32-24(31-15)19-6-5-17(20-14-30-25(35)22(19)20)18-4-3-16(28)13-21(18)27/h3-6,13H,7-12,14,28H2,1-2H3,(H,29,36)(H,30,35)(H,31,32). The van der Waals surface area contributed by atoms with Crippen molar-refractivity contribution in [2.75, 3.05) is 52.0 Å². The van der Waals surface area contributed by atoms with Gasteiger partial charge in [-0.2, -0.15) is 0 Å². The molecule has 2 aliphatic rings. The van der Waals surface area contributed by atoms with Crippen LogP contribution in [0.1, 0.15) is 32.1 Å². The Labute approximate surface area is 208 Å². The largest absolute Gasteiger partial charge is 0.399 e. The van der Waals surface area contributed by atoms with Gasteiger partial charge in [-0.15, -0.1) is 0 Å². The van der Waals surface area contributed by atoms with E-state index >= 15 is 0 Å². The second-order valence-corrected chi connectivity index (χ2v) is 9.40. The Morgan fingerprint density at radius 3 is 2.61 bits per heavy atom. The van der Waals surface area contributed by atoms with Crippen LogP contribution in [0.25, 0.3) is 22.5 Å². The van der Waals surface area contributed by atoms with Crippen molar-refractivity contribution in [2.24, 2.45) is 0 Å². The van der Waals surface area contributed by atoms with Crippen molar-refractivity contribution < 1.29 is 14.0 Å². The molecule has 2 aromatic carbocycles. The van der Waals surface area contributed by atoms with Crippen LogP contribution in [0.2, 0.25) is 0 Å². The minimum absolute atomic E-state index is 0.259. The molecule has 1 saturated heterocycles. The molecule has 1 aromatic heterocycles. The van der Waals surface area contributed by atoms with Gasteiger partial charge in [0.2, 0.25) is 0 Å². The molecule has 0 bridgehead atoms. The predicted octanol–water partition coefficient (Wildman–Crippen LogP) is 1.99. The minimum Gasteiger partial charge on any atom is -0.399 e. The highest BCUT2D eigenvalue weighted by Gasteiger charge is 2.29. The van der Waals surface area contributed by atoms with Crippen molar-refractivity contribution in [1.82, 2.24) is 30.4 Å². The van der Waals surface area contributed by atoms with E-state index in [2.05, 4.69) is 37.4 Å². The van der Waals surface area contributed by atoms with Crippen LogP contribution in [0.15, 0.2) is 30.3 Å². The number of anilines is 1. The molecule has 36 heavy (non-hydrogen) atoms. The van der Waals surface area contributed by atoms with Crippen molar-refractivity contribution in [3.8, 4) is 22.5 Å². The van der Waals surface area contributed by atoms with Gasteiger partial charge in [0.1, 0.15) is 17.3 Å². The van der Waals surface area contributed by atoms with Crippen molar-refractivity contribution in [1.29, 1.82) is 0 Å². The minimum atomic E-state index is -0.450. The SMILES string of the molecule is Cc1[nH]c(-c2ccc(-c3ccc(N)cc3F)c3c2C(=O)NC3)nc1C(=O)NCCN1CCN(C)CC1. The number of carbonyl (C=O) groups excluding carboxylic acids is 2. The van der Waals surface area contributed by atoms with E-state index in [9.17, 15) is 14.0 Å². The summed E-state index contributed by atoms with van der Waals surface area (Å²) >= 11 is 0.